The van der Waals surface area contributed by atoms with Gasteiger partial charge in [0.1, 0.15) is 10.6 Å². The lowest BCUT2D eigenvalue weighted by Gasteiger charge is -2.37. The molecule has 0 unspecified atom stereocenters. The Balaban J connectivity index is 2.24. The van der Waals surface area contributed by atoms with Crippen molar-refractivity contribution in [1.29, 1.82) is 0 Å². The molecule has 94 valence electrons. The zero-order valence-corrected chi connectivity index (χ0v) is 11.3. The van der Waals surface area contributed by atoms with Crippen LogP contribution in [0.1, 0.15) is 54.2 Å². The van der Waals surface area contributed by atoms with E-state index in [0.29, 0.717) is 11.5 Å². The largest absolute Gasteiger partial charge is 0.368 e. The Bertz CT molecular complexity index is 381. The van der Waals surface area contributed by atoms with Gasteiger partial charge in [0.25, 0.3) is 0 Å². The molecule has 1 aliphatic rings. The van der Waals surface area contributed by atoms with Crippen molar-refractivity contribution in [2.75, 3.05) is 6.61 Å². The van der Waals surface area contributed by atoms with Gasteiger partial charge in [0.05, 0.1) is 4.88 Å². The molecule has 0 saturated heterocycles. The maximum atomic E-state index is 10.7. The number of aldehydes is 1. The van der Waals surface area contributed by atoms with Crippen molar-refractivity contribution in [3.63, 3.8) is 0 Å². The summed E-state index contributed by atoms with van der Waals surface area (Å²) in [5.74, 6) is 0.772. The summed E-state index contributed by atoms with van der Waals surface area (Å²) >= 11 is 1.48. The standard InChI is InChI=1S/C13H19NO2S/c1-3-16-13(6-4-10(2)5-7-13)12-14-8-11(9-15)17-12/h8-10H,3-7H2,1-2H3. The van der Waals surface area contributed by atoms with Gasteiger partial charge in [-0.3, -0.25) is 4.79 Å². The normalized spacial score (nSPS) is 29.2. The minimum atomic E-state index is -0.229. The van der Waals surface area contributed by atoms with E-state index in [0.717, 1.165) is 30.1 Å². The van der Waals surface area contributed by atoms with Crippen LogP contribution in [-0.2, 0) is 10.3 Å². The monoisotopic (exact) mass is 253 g/mol. The van der Waals surface area contributed by atoms with Crippen LogP contribution in [0.25, 0.3) is 0 Å². The Morgan fingerprint density at radius 3 is 2.82 bits per heavy atom. The molecule has 4 heteroatoms. The number of carbonyl (C=O) groups excluding carboxylic acids is 1. The predicted molar refractivity (Wildman–Crippen MR) is 68.4 cm³/mol. The first kappa shape index (κ1) is 12.7. The van der Waals surface area contributed by atoms with E-state index >= 15 is 0 Å². The Hall–Kier alpha value is -0.740. The van der Waals surface area contributed by atoms with E-state index < -0.39 is 0 Å². The van der Waals surface area contributed by atoms with E-state index in [-0.39, 0.29) is 5.60 Å². The molecule has 3 nitrogen and oxygen atoms in total. The Kier molecular flexibility index (Phi) is 3.94. The first-order chi connectivity index (χ1) is 8.20. The lowest BCUT2D eigenvalue weighted by atomic mass is 9.80. The predicted octanol–water partition coefficient (Wildman–Crippen LogP) is 3.40. The summed E-state index contributed by atoms with van der Waals surface area (Å²) in [6.45, 7) is 5.01. The van der Waals surface area contributed by atoms with E-state index in [1.54, 1.807) is 6.20 Å². The highest BCUT2D eigenvalue weighted by atomic mass is 32.1. The maximum absolute atomic E-state index is 10.7. The minimum Gasteiger partial charge on any atom is -0.368 e. The summed E-state index contributed by atoms with van der Waals surface area (Å²) in [6.07, 6.45) is 6.92. The van der Waals surface area contributed by atoms with Gasteiger partial charge in [-0.05, 0) is 38.5 Å². The molecule has 2 rings (SSSR count). The number of rotatable bonds is 4. The number of nitrogens with zero attached hydrogens (tertiary/aromatic N) is 1. The number of hydrogen-bond donors (Lipinski definition) is 0. The second-order valence-corrected chi connectivity index (χ2v) is 5.86. The molecule has 17 heavy (non-hydrogen) atoms. The van der Waals surface area contributed by atoms with E-state index in [1.165, 1.54) is 24.2 Å². The van der Waals surface area contributed by atoms with Crippen molar-refractivity contribution in [1.82, 2.24) is 4.98 Å². The molecule has 1 fully saturated rings. The highest BCUT2D eigenvalue weighted by molar-refractivity contribution is 7.13. The van der Waals surface area contributed by atoms with Gasteiger partial charge in [0.2, 0.25) is 0 Å². The second kappa shape index (κ2) is 5.27. The van der Waals surface area contributed by atoms with Gasteiger partial charge in [-0.1, -0.05) is 6.92 Å². The smallest absolute Gasteiger partial charge is 0.161 e. The number of carbonyl (C=O) groups is 1. The topological polar surface area (TPSA) is 39.2 Å². The molecule has 0 amide bonds. The van der Waals surface area contributed by atoms with Crippen molar-refractivity contribution in [2.24, 2.45) is 5.92 Å². The molecular weight excluding hydrogens is 234 g/mol. The van der Waals surface area contributed by atoms with E-state index in [1.807, 2.05) is 6.92 Å². The molecule has 1 aromatic heterocycles. The lowest BCUT2D eigenvalue weighted by Crippen LogP contribution is -2.34. The van der Waals surface area contributed by atoms with Crippen LogP contribution >= 0.6 is 11.3 Å². The van der Waals surface area contributed by atoms with Gasteiger partial charge in [-0.15, -0.1) is 11.3 Å². The molecule has 1 aliphatic carbocycles. The molecule has 1 aromatic rings. The summed E-state index contributed by atoms with van der Waals surface area (Å²) in [5.41, 5.74) is -0.229. The van der Waals surface area contributed by atoms with E-state index in [2.05, 4.69) is 11.9 Å². The highest BCUT2D eigenvalue weighted by Gasteiger charge is 2.39. The van der Waals surface area contributed by atoms with E-state index in [4.69, 9.17) is 4.74 Å². The number of aromatic nitrogens is 1. The zero-order valence-electron chi connectivity index (χ0n) is 10.4. The van der Waals surface area contributed by atoms with Crippen LogP contribution in [-0.4, -0.2) is 17.9 Å². The van der Waals surface area contributed by atoms with Crippen molar-refractivity contribution in [3.8, 4) is 0 Å². The van der Waals surface area contributed by atoms with Crippen LogP contribution in [0.5, 0.6) is 0 Å². The lowest BCUT2D eigenvalue weighted by molar-refractivity contribution is -0.0776. The van der Waals surface area contributed by atoms with Crippen molar-refractivity contribution < 1.29 is 9.53 Å². The molecule has 0 radical (unpaired) electrons. The second-order valence-electron chi connectivity index (χ2n) is 4.80. The maximum Gasteiger partial charge on any atom is 0.161 e. The SMILES string of the molecule is CCOC1(c2ncc(C=O)s2)CCC(C)CC1. The number of thiazole rings is 1. The van der Waals surface area contributed by atoms with Crippen molar-refractivity contribution in [3.05, 3.63) is 16.1 Å². The fourth-order valence-corrected chi connectivity index (χ4v) is 3.41. The molecular formula is C13H19NO2S. The van der Waals surface area contributed by atoms with Crippen LogP contribution in [0.2, 0.25) is 0 Å². The summed E-state index contributed by atoms with van der Waals surface area (Å²) in [7, 11) is 0. The third-order valence-corrected chi connectivity index (χ3v) is 4.64. The number of ether oxygens (including phenoxy) is 1. The van der Waals surface area contributed by atoms with Crippen LogP contribution in [0.4, 0.5) is 0 Å². The highest BCUT2D eigenvalue weighted by Crippen LogP contribution is 2.43. The molecule has 0 aromatic carbocycles. The van der Waals surface area contributed by atoms with Gasteiger partial charge in [-0.2, -0.15) is 0 Å². The average Bonchev–Trinajstić information content (AvgIpc) is 2.82. The molecule has 0 atom stereocenters. The summed E-state index contributed by atoms with van der Waals surface area (Å²) in [4.78, 5) is 15.8. The van der Waals surface area contributed by atoms with Gasteiger partial charge in [0.15, 0.2) is 6.29 Å². The molecule has 1 heterocycles. The van der Waals surface area contributed by atoms with Crippen LogP contribution in [0, 0.1) is 5.92 Å². The Morgan fingerprint density at radius 2 is 2.29 bits per heavy atom. The summed E-state index contributed by atoms with van der Waals surface area (Å²) < 4.78 is 5.99. The van der Waals surface area contributed by atoms with Crippen molar-refractivity contribution in [2.45, 2.75) is 45.1 Å². The Labute approximate surface area is 106 Å². The summed E-state index contributed by atoms with van der Waals surface area (Å²) in [6, 6.07) is 0. The molecule has 0 bridgehead atoms. The minimum absolute atomic E-state index is 0.229. The molecule has 0 N–H and O–H groups in total. The fraction of sp³-hybridized carbons (Fsp3) is 0.692. The average molecular weight is 253 g/mol. The van der Waals surface area contributed by atoms with Gasteiger partial charge in [-0.25, -0.2) is 4.98 Å². The first-order valence-corrected chi connectivity index (χ1v) is 7.07. The fourth-order valence-electron chi connectivity index (χ4n) is 2.48. The quantitative estimate of drug-likeness (QED) is 0.772. The first-order valence-electron chi connectivity index (χ1n) is 6.25. The van der Waals surface area contributed by atoms with Gasteiger partial charge in [0, 0.05) is 12.8 Å². The van der Waals surface area contributed by atoms with Gasteiger partial charge < -0.3 is 4.74 Å². The van der Waals surface area contributed by atoms with E-state index in [9.17, 15) is 4.79 Å². The molecule has 1 saturated carbocycles. The third kappa shape index (κ3) is 2.58. The van der Waals surface area contributed by atoms with Crippen molar-refractivity contribution >= 4 is 17.6 Å². The number of hydrogen-bond acceptors (Lipinski definition) is 4. The third-order valence-electron chi connectivity index (χ3n) is 3.53. The van der Waals surface area contributed by atoms with Crippen LogP contribution in [0.3, 0.4) is 0 Å². The summed E-state index contributed by atoms with van der Waals surface area (Å²) in [5, 5.41) is 0.980. The zero-order chi connectivity index (χ0) is 12.3. The molecule has 0 aliphatic heterocycles. The molecule has 0 spiro atoms. The van der Waals surface area contributed by atoms with Crippen LogP contribution in [0.15, 0.2) is 6.20 Å². The van der Waals surface area contributed by atoms with Crippen LogP contribution < -0.4 is 0 Å². The van der Waals surface area contributed by atoms with Gasteiger partial charge >= 0.3 is 0 Å². The Morgan fingerprint density at radius 1 is 1.59 bits per heavy atom.